The maximum absolute atomic E-state index is 13.7. The molecule has 0 fully saturated rings. The predicted octanol–water partition coefficient (Wildman–Crippen LogP) is 6.95. The Morgan fingerprint density at radius 1 is 1.00 bits per heavy atom. The molecule has 3 rings (SSSR count). The van der Waals surface area contributed by atoms with Crippen molar-refractivity contribution in [2.45, 2.75) is 50.6 Å². The molecule has 0 aliphatic heterocycles. The molecule has 3 aromatic carbocycles. The number of unbranched alkanes of at least 4 members (excludes halogenated alkanes) is 1. The van der Waals surface area contributed by atoms with E-state index < -0.39 is 6.04 Å². The maximum atomic E-state index is 13.7. The summed E-state index contributed by atoms with van der Waals surface area (Å²) < 4.78 is 0. The van der Waals surface area contributed by atoms with Gasteiger partial charge in [0.2, 0.25) is 11.8 Å². The highest BCUT2D eigenvalue weighted by Gasteiger charge is 2.30. The highest BCUT2D eigenvalue weighted by Crippen LogP contribution is 2.26. The summed E-state index contributed by atoms with van der Waals surface area (Å²) in [5.41, 5.74) is 2.89. The lowest BCUT2D eigenvalue weighted by molar-refractivity contribution is -0.139. The number of rotatable bonds is 12. The van der Waals surface area contributed by atoms with E-state index in [0.717, 1.165) is 34.4 Å². The van der Waals surface area contributed by atoms with E-state index in [1.807, 2.05) is 67.6 Å². The van der Waals surface area contributed by atoms with Crippen molar-refractivity contribution in [3.63, 3.8) is 0 Å². The van der Waals surface area contributed by atoms with Crippen LogP contribution >= 0.6 is 35.0 Å². The summed E-state index contributed by atoms with van der Waals surface area (Å²) in [5, 5.41) is 4.03. The Balaban J connectivity index is 1.90. The van der Waals surface area contributed by atoms with E-state index in [4.69, 9.17) is 23.2 Å². The van der Waals surface area contributed by atoms with Crippen LogP contribution in [0, 0.1) is 6.92 Å². The van der Waals surface area contributed by atoms with Crippen molar-refractivity contribution >= 4 is 46.8 Å². The molecule has 0 saturated carbocycles. The van der Waals surface area contributed by atoms with E-state index in [-0.39, 0.29) is 24.1 Å². The molecular formula is C29H32Cl2N2O2S. The Morgan fingerprint density at radius 3 is 2.39 bits per heavy atom. The fourth-order valence-electron chi connectivity index (χ4n) is 3.76. The van der Waals surface area contributed by atoms with Gasteiger partial charge in [-0.1, -0.05) is 90.6 Å². The number of halogens is 2. The molecule has 0 spiro atoms. The summed E-state index contributed by atoms with van der Waals surface area (Å²) in [6.07, 6.45) is 2.26. The molecule has 1 atom stereocenters. The minimum absolute atomic E-state index is 0.127. The van der Waals surface area contributed by atoms with Gasteiger partial charge in [0.15, 0.2) is 0 Å². The van der Waals surface area contributed by atoms with Crippen LogP contribution in [0.3, 0.4) is 0 Å². The molecule has 190 valence electrons. The topological polar surface area (TPSA) is 49.4 Å². The average molecular weight is 544 g/mol. The molecule has 7 heteroatoms. The minimum atomic E-state index is -0.679. The Morgan fingerprint density at radius 2 is 1.72 bits per heavy atom. The molecule has 0 saturated heterocycles. The third-order valence-corrected chi connectivity index (χ3v) is 7.42. The number of hydrogen-bond donors (Lipinski definition) is 1. The molecule has 1 N–H and O–H groups in total. The summed E-state index contributed by atoms with van der Waals surface area (Å²) in [6.45, 7) is 4.89. The first-order valence-corrected chi connectivity index (χ1v) is 13.9. The molecule has 0 aromatic heterocycles. The van der Waals surface area contributed by atoms with E-state index in [1.165, 1.54) is 11.8 Å². The minimum Gasteiger partial charge on any atom is -0.354 e. The molecule has 0 heterocycles. The number of aryl methyl sites for hydroxylation is 1. The predicted molar refractivity (Wildman–Crippen MR) is 151 cm³/mol. The second-order valence-electron chi connectivity index (χ2n) is 8.71. The van der Waals surface area contributed by atoms with Gasteiger partial charge in [-0.15, -0.1) is 11.8 Å². The van der Waals surface area contributed by atoms with Gasteiger partial charge in [-0.3, -0.25) is 9.59 Å². The van der Waals surface area contributed by atoms with Gasteiger partial charge in [0.05, 0.1) is 5.75 Å². The largest absolute Gasteiger partial charge is 0.354 e. The number of carbonyl (C=O) groups is 2. The van der Waals surface area contributed by atoms with Crippen LogP contribution in [0.2, 0.25) is 10.0 Å². The third-order valence-electron chi connectivity index (χ3n) is 5.84. The van der Waals surface area contributed by atoms with Crippen molar-refractivity contribution < 1.29 is 9.59 Å². The summed E-state index contributed by atoms with van der Waals surface area (Å²) in [4.78, 5) is 29.8. The van der Waals surface area contributed by atoms with Crippen LogP contribution in [0.4, 0.5) is 0 Å². The quantitative estimate of drug-likeness (QED) is 0.199. The van der Waals surface area contributed by atoms with Gasteiger partial charge in [-0.05, 0) is 48.7 Å². The third kappa shape index (κ3) is 8.58. The Kier molecular flexibility index (Phi) is 11.2. The first-order chi connectivity index (χ1) is 17.4. The van der Waals surface area contributed by atoms with E-state index in [1.54, 1.807) is 17.0 Å². The molecule has 0 bridgehead atoms. The van der Waals surface area contributed by atoms with E-state index in [2.05, 4.69) is 12.2 Å². The Bertz CT molecular complexity index is 1140. The number of amides is 2. The van der Waals surface area contributed by atoms with Crippen molar-refractivity contribution in [3.8, 4) is 0 Å². The van der Waals surface area contributed by atoms with Crippen LogP contribution in [-0.4, -0.2) is 35.1 Å². The van der Waals surface area contributed by atoms with Crippen molar-refractivity contribution in [1.82, 2.24) is 10.2 Å². The molecule has 3 aromatic rings. The first kappa shape index (κ1) is 28.1. The maximum Gasteiger partial charge on any atom is 0.243 e. The van der Waals surface area contributed by atoms with Gasteiger partial charge in [-0.25, -0.2) is 0 Å². The number of nitrogens with one attached hydrogen (secondary N) is 1. The normalized spacial score (nSPS) is 11.7. The number of hydrogen-bond acceptors (Lipinski definition) is 3. The highest BCUT2D eigenvalue weighted by atomic mass is 35.5. The molecule has 36 heavy (non-hydrogen) atoms. The molecule has 2 amide bonds. The Labute approximate surface area is 228 Å². The molecule has 0 aliphatic carbocycles. The van der Waals surface area contributed by atoms with Crippen LogP contribution in [0.15, 0.2) is 77.7 Å². The second kappa shape index (κ2) is 14.3. The summed E-state index contributed by atoms with van der Waals surface area (Å²) in [5.74, 6) is -0.0776. The van der Waals surface area contributed by atoms with Gasteiger partial charge in [0.1, 0.15) is 6.04 Å². The van der Waals surface area contributed by atoms with Crippen LogP contribution in [0.25, 0.3) is 0 Å². The highest BCUT2D eigenvalue weighted by molar-refractivity contribution is 8.00. The zero-order valence-corrected chi connectivity index (χ0v) is 23.0. The summed E-state index contributed by atoms with van der Waals surface area (Å²) in [7, 11) is 0. The van der Waals surface area contributed by atoms with Gasteiger partial charge in [0, 0.05) is 34.5 Å². The lowest BCUT2D eigenvalue weighted by Crippen LogP contribution is -2.51. The zero-order valence-electron chi connectivity index (χ0n) is 20.7. The van der Waals surface area contributed by atoms with Crippen LogP contribution in [0.1, 0.15) is 36.5 Å². The van der Waals surface area contributed by atoms with Gasteiger partial charge in [0.25, 0.3) is 0 Å². The molecule has 1 unspecified atom stereocenters. The molecular weight excluding hydrogens is 511 g/mol. The fourth-order valence-corrected chi connectivity index (χ4v) is 5.01. The van der Waals surface area contributed by atoms with Crippen LogP contribution in [0.5, 0.6) is 0 Å². The lowest BCUT2D eigenvalue weighted by Gasteiger charge is -2.32. The standard InChI is InChI=1S/C29H32Cl2N2O2S/c1-3-4-16-32-29(35)27(17-22-8-6-5-7-9-22)33(19-23-12-13-24(30)18-26(23)31)28(34)20-36-25-14-10-21(2)11-15-25/h5-15,18,27H,3-4,16-17,19-20H2,1-2H3,(H,32,35). The van der Waals surface area contributed by atoms with Crippen molar-refractivity contribution in [3.05, 3.63) is 99.5 Å². The number of thioether (sulfide) groups is 1. The van der Waals surface area contributed by atoms with Gasteiger partial charge in [-0.2, -0.15) is 0 Å². The SMILES string of the molecule is CCCCNC(=O)C(Cc1ccccc1)N(Cc1ccc(Cl)cc1Cl)C(=O)CSc1ccc(C)cc1. The second-order valence-corrected chi connectivity index (χ2v) is 10.6. The van der Waals surface area contributed by atoms with Crippen molar-refractivity contribution in [2.75, 3.05) is 12.3 Å². The van der Waals surface area contributed by atoms with Crippen molar-refractivity contribution in [2.24, 2.45) is 0 Å². The van der Waals surface area contributed by atoms with E-state index in [0.29, 0.717) is 23.0 Å². The van der Waals surface area contributed by atoms with Crippen molar-refractivity contribution in [1.29, 1.82) is 0 Å². The van der Waals surface area contributed by atoms with Crippen LogP contribution < -0.4 is 5.32 Å². The summed E-state index contributed by atoms with van der Waals surface area (Å²) >= 11 is 14.1. The summed E-state index contributed by atoms with van der Waals surface area (Å²) in [6, 6.07) is 22.4. The first-order valence-electron chi connectivity index (χ1n) is 12.1. The van der Waals surface area contributed by atoms with E-state index in [9.17, 15) is 9.59 Å². The molecule has 0 aliphatic rings. The van der Waals surface area contributed by atoms with Crippen LogP contribution in [-0.2, 0) is 22.6 Å². The lowest BCUT2D eigenvalue weighted by atomic mass is 10.0. The van der Waals surface area contributed by atoms with Gasteiger partial charge >= 0.3 is 0 Å². The number of nitrogens with zero attached hydrogens (tertiary/aromatic N) is 1. The fraction of sp³-hybridized carbons (Fsp3) is 0.310. The zero-order chi connectivity index (χ0) is 25.9. The van der Waals surface area contributed by atoms with Gasteiger partial charge < -0.3 is 10.2 Å². The average Bonchev–Trinajstić information content (AvgIpc) is 2.87. The Hall–Kier alpha value is -2.47. The van der Waals surface area contributed by atoms with E-state index >= 15 is 0 Å². The number of benzene rings is 3. The molecule has 4 nitrogen and oxygen atoms in total. The smallest absolute Gasteiger partial charge is 0.243 e. The molecule has 0 radical (unpaired) electrons. The monoisotopic (exact) mass is 542 g/mol. The number of carbonyl (C=O) groups excluding carboxylic acids is 2.